The minimum atomic E-state index is -0.623. The zero-order chi connectivity index (χ0) is 18.0. The molecule has 0 radical (unpaired) electrons. The highest BCUT2D eigenvalue weighted by Crippen LogP contribution is 2.33. The van der Waals surface area contributed by atoms with Gasteiger partial charge in [0.05, 0.1) is 18.6 Å². The molecule has 1 heterocycles. The first-order chi connectivity index (χ1) is 11.9. The highest BCUT2D eigenvalue weighted by atomic mass is 16.5. The molecule has 5 heteroatoms. The van der Waals surface area contributed by atoms with Gasteiger partial charge in [0.25, 0.3) is 0 Å². The lowest BCUT2D eigenvalue weighted by Crippen LogP contribution is -2.56. The quantitative estimate of drug-likeness (QED) is 0.906. The van der Waals surface area contributed by atoms with Crippen molar-refractivity contribution in [2.45, 2.75) is 50.7 Å². The molecule has 1 aliphatic carbocycles. The fourth-order valence-electron chi connectivity index (χ4n) is 4.27. The number of carbonyl (C=O) groups is 1. The molecule has 0 spiro atoms. The first-order valence-electron chi connectivity index (χ1n) is 9.30. The molecular weight excluding hydrogens is 316 g/mol. The maximum absolute atomic E-state index is 13.2. The van der Waals surface area contributed by atoms with Crippen molar-refractivity contribution in [1.82, 2.24) is 9.80 Å². The van der Waals surface area contributed by atoms with Crippen molar-refractivity contribution in [3.05, 3.63) is 29.8 Å². The van der Waals surface area contributed by atoms with Crippen LogP contribution in [0.25, 0.3) is 0 Å². The second kappa shape index (κ2) is 7.34. The number of piperazine rings is 1. The summed E-state index contributed by atoms with van der Waals surface area (Å²) in [7, 11) is 1.64. The van der Waals surface area contributed by atoms with Gasteiger partial charge in [-0.15, -0.1) is 0 Å². The fraction of sp³-hybridized carbons (Fsp3) is 0.650. The smallest absolute Gasteiger partial charge is 0.232 e. The average Bonchev–Trinajstić information content (AvgIpc) is 3.07. The fourth-order valence-corrected chi connectivity index (χ4v) is 4.27. The Balaban J connectivity index is 1.67. The number of methoxy groups -OCH3 is 1. The largest absolute Gasteiger partial charge is 0.496 e. The van der Waals surface area contributed by atoms with E-state index in [-0.39, 0.29) is 18.1 Å². The number of aliphatic hydroxyl groups is 1. The number of nitrogens with zero attached hydrogens (tertiary/aromatic N) is 2. The van der Waals surface area contributed by atoms with Gasteiger partial charge in [-0.25, -0.2) is 0 Å². The Morgan fingerprint density at radius 3 is 2.44 bits per heavy atom. The van der Waals surface area contributed by atoms with Crippen molar-refractivity contribution >= 4 is 5.91 Å². The third kappa shape index (κ3) is 3.53. The van der Waals surface area contributed by atoms with Crippen molar-refractivity contribution in [1.29, 1.82) is 0 Å². The third-order valence-corrected chi connectivity index (χ3v) is 5.83. The molecule has 1 N–H and O–H groups in total. The van der Waals surface area contributed by atoms with Gasteiger partial charge >= 0.3 is 0 Å². The Bertz CT molecular complexity index is 609. The molecule has 0 bridgehead atoms. The lowest BCUT2D eigenvalue weighted by atomic mass is 9.82. The van der Waals surface area contributed by atoms with E-state index in [4.69, 9.17) is 4.74 Å². The topological polar surface area (TPSA) is 53.0 Å². The van der Waals surface area contributed by atoms with E-state index in [1.54, 1.807) is 7.11 Å². The molecule has 1 aromatic rings. The number of carbonyl (C=O) groups excluding carboxylic acids is 1. The summed E-state index contributed by atoms with van der Waals surface area (Å²) in [4.78, 5) is 17.5. The molecule has 25 heavy (non-hydrogen) atoms. The number of ether oxygens (including phenoxy) is 1. The predicted octanol–water partition coefficient (Wildman–Crippen LogP) is 2.03. The maximum atomic E-state index is 13.2. The van der Waals surface area contributed by atoms with Gasteiger partial charge in [-0.1, -0.05) is 18.2 Å². The molecule has 138 valence electrons. The Labute approximate surface area is 150 Å². The van der Waals surface area contributed by atoms with Crippen LogP contribution in [0.3, 0.4) is 0 Å². The van der Waals surface area contributed by atoms with Crippen LogP contribution < -0.4 is 4.74 Å². The summed E-state index contributed by atoms with van der Waals surface area (Å²) in [5.41, 5.74) is 0.304. The lowest BCUT2D eigenvalue weighted by Gasteiger charge is -2.41. The number of hydrogen-bond acceptors (Lipinski definition) is 4. The standard InChI is InChI=1S/C20H30N2O3/c1-20(2,15-7-4-5-10-18(15)25-3)19(24)22-13-11-21(12-14-22)16-8-6-9-17(16)23/h4-5,7,10,16-17,23H,6,8-9,11-14H2,1-3H3/t16-,17+/m0/s1. The molecule has 1 aromatic carbocycles. The zero-order valence-electron chi connectivity index (χ0n) is 15.6. The zero-order valence-corrected chi connectivity index (χ0v) is 15.6. The molecule has 2 atom stereocenters. The van der Waals surface area contributed by atoms with Crippen LogP contribution >= 0.6 is 0 Å². The van der Waals surface area contributed by atoms with Crippen LogP contribution in [0.4, 0.5) is 0 Å². The van der Waals surface area contributed by atoms with Crippen LogP contribution in [0.15, 0.2) is 24.3 Å². The number of rotatable bonds is 4. The van der Waals surface area contributed by atoms with Gasteiger partial charge in [0.15, 0.2) is 0 Å². The summed E-state index contributed by atoms with van der Waals surface area (Å²) in [6.45, 7) is 7.08. The molecule has 5 nitrogen and oxygen atoms in total. The maximum Gasteiger partial charge on any atom is 0.232 e. The minimum Gasteiger partial charge on any atom is -0.496 e. The summed E-state index contributed by atoms with van der Waals surface area (Å²) >= 11 is 0. The van der Waals surface area contributed by atoms with Crippen LogP contribution in [0.1, 0.15) is 38.7 Å². The summed E-state index contributed by atoms with van der Waals surface area (Å²) in [5.74, 6) is 0.900. The van der Waals surface area contributed by atoms with Crippen LogP contribution in [0.5, 0.6) is 5.75 Å². The van der Waals surface area contributed by atoms with E-state index >= 15 is 0 Å². The van der Waals surface area contributed by atoms with Crippen LogP contribution in [0, 0.1) is 0 Å². The van der Waals surface area contributed by atoms with E-state index in [9.17, 15) is 9.90 Å². The van der Waals surface area contributed by atoms with Gasteiger partial charge in [0, 0.05) is 37.8 Å². The number of benzene rings is 1. The Morgan fingerprint density at radius 1 is 1.16 bits per heavy atom. The van der Waals surface area contributed by atoms with Gasteiger partial charge in [0.1, 0.15) is 5.75 Å². The molecule has 3 rings (SSSR count). The average molecular weight is 346 g/mol. The second-order valence-electron chi connectivity index (χ2n) is 7.72. The highest BCUT2D eigenvalue weighted by molar-refractivity contribution is 5.88. The van der Waals surface area contributed by atoms with Crippen molar-refractivity contribution in [2.24, 2.45) is 0 Å². The monoisotopic (exact) mass is 346 g/mol. The third-order valence-electron chi connectivity index (χ3n) is 5.83. The molecule has 1 aliphatic heterocycles. The SMILES string of the molecule is COc1ccccc1C(C)(C)C(=O)N1CCN([C@H]2CCC[C@H]2O)CC1. The van der Waals surface area contributed by atoms with Crippen LogP contribution in [0.2, 0.25) is 0 Å². The summed E-state index contributed by atoms with van der Waals surface area (Å²) in [6.07, 6.45) is 2.88. The highest BCUT2D eigenvalue weighted by Gasteiger charge is 2.39. The number of para-hydroxylation sites is 1. The predicted molar refractivity (Wildman–Crippen MR) is 97.8 cm³/mol. The van der Waals surface area contributed by atoms with Crippen molar-refractivity contribution in [3.63, 3.8) is 0 Å². The molecule has 1 saturated heterocycles. The van der Waals surface area contributed by atoms with Crippen molar-refractivity contribution in [3.8, 4) is 5.75 Å². The van der Waals surface area contributed by atoms with Crippen molar-refractivity contribution < 1.29 is 14.6 Å². The first-order valence-corrected chi connectivity index (χ1v) is 9.30. The number of hydrogen-bond donors (Lipinski definition) is 1. The number of aliphatic hydroxyl groups excluding tert-OH is 1. The molecule has 0 aromatic heterocycles. The molecule has 2 aliphatic rings. The Kier molecular flexibility index (Phi) is 5.35. The van der Waals surface area contributed by atoms with Gasteiger partial charge in [-0.2, -0.15) is 0 Å². The van der Waals surface area contributed by atoms with Crippen LogP contribution in [-0.4, -0.2) is 66.2 Å². The molecule has 1 saturated carbocycles. The van der Waals surface area contributed by atoms with Gasteiger partial charge in [-0.3, -0.25) is 9.69 Å². The van der Waals surface area contributed by atoms with Gasteiger partial charge < -0.3 is 14.7 Å². The molecule has 2 fully saturated rings. The normalized spacial score (nSPS) is 25.2. The number of amides is 1. The second-order valence-corrected chi connectivity index (χ2v) is 7.72. The summed E-state index contributed by atoms with van der Waals surface area (Å²) in [6, 6.07) is 8.03. The van der Waals surface area contributed by atoms with E-state index in [0.717, 1.165) is 56.8 Å². The van der Waals surface area contributed by atoms with Gasteiger partial charge in [-0.05, 0) is 39.2 Å². The molecule has 0 unspecified atom stereocenters. The summed E-state index contributed by atoms with van der Waals surface area (Å²) in [5, 5.41) is 10.1. The van der Waals surface area contributed by atoms with E-state index < -0.39 is 5.41 Å². The van der Waals surface area contributed by atoms with Crippen molar-refractivity contribution in [2.75, 3.05) is 33.3 Å². The van der Waals surface area contributed by atoms with E-state index in [0.29, 0.717) is 0 Å². The van der Waals surface area contributed by atoms with E-state index in [1.165, 1.54) is 0 Å². The van der Waals surface area contributed by atoms with Gasteiger partial charge in [0.2, 0.25) is 5.91 Å². The van der Waals surface area contributed by atoms with E-state index in [2.05, 4.69) is 4.90 Å². The molecule has 1 amide bonds. The molecular formula is C20H30N2O3. The first kappa shape index (κ1) is 18.2. The van der Waals surface area contributed by atoms with E-state index in [1.807, 2.05) is 43.0 Å². The Morgan fingerprint density at radius 2 is 1.84 bits per heavy atom. The lowest BCUT2D eigenvalue weighted by molar-refractivity contribution is -0.138. The minimum absolute atomic E-state index is 0.142. The Hall–Kier alpha value is -1.59. The van der Waals surface area contributed by atoms with Crippen LogP contribution in [-0.2, 0) is 10.2 Å². The summed E-state index contributed by atoms with van der Waals surface area (Å²) < 4.78 is 5.46.